The molecule has 0 aromatic carbocycles. The van der Waals surface area contributed by atoms with Gasteiger partial charge in [-0.05, 0) is 57.4 Å². The molecule has 2 aliphatic rings. The lowest BCUT2D eigenvalue weighted by Crippen LogP contribution is -2.35. The Hall–Kier alpha value is -1.34. The molecule has 0 atom stereocenters. The van der Waals surface area contributed by atoms with E-state index in [0.29, 0.717) is 11.7 Å². The van der Waals surface area contributed by atoms with Crippen molar-refractivity contribution >= 4 is 39.2 Å². The van der Waals surface area contributed by atoms with E-state index in [1.165, 1.54) is 24.6 Å². The Morgan fingerprint density at radius 2 is 1.97 bits per heavy atom. The van der Waals surface area contributed by atoms with Crippen molar-refractivity contribution in [3.05, 3.63) is 20.8 Å². The Morgan fingerprint density at radius 3 is 2.62 bits per heavy atom. The molecule has 0 radical (unpaired) electrons. The summed E-state index contributed by atoms with van der Waals surface area (Å²) in [5.74, 6) is 1.23. The third-order valence-corrected chi connectivity index (χ3v) is 8.28. The maximum Gasteiger partial charge on any atom is 0.263 e. The number of rotatable bonds is 8. The molecule has 158 valence electrons. The first-order chi connectivity index (χ1) is 14.0. The Morgan fingerprint density at radius 1 is 1.24 bits per heavy atom. The molecule has 5 nitrogen and oxygen atoms in total. The van der Waals surface area contributed by atoms with Crippen molar-refractivity contribution in [2.24, 2.45) is 5.92 Å². The van der Waals surface area contributed by atoms with Gasteiger partial charge in [0, 0.05) is 24.0 Å². The van der Waals surface area contributed by atoms with Gasteiger partial charge in [0.1, 0.15) is 4.83 Å². The zero-order valence-corrected chi connectivity index (χ0v) is 19.3. The molecule has 2 aromatic heterocycles. The standard InChI is InChI=1S/C22H31N3O2S2/c1-4-11-24(12-16-9-10-16)18(26)13-28-22-23-20-19(14(2)15(3)29-20)21(27)25(22)17-7-5-6-8-17/h16-17H,4-13H2,1-3H3. The largest absolute Gasteiger partial charge is 0.342 e. The first-order valence-electron chi connectivity index (χ1n) is 10.9. The van der Waals surface area contributed by atoms with Crippen LogP contribution in [0.15, 0.2) is 9.95 Å². The fourth-order valence-corrected chi connectivity index (χ4v) is 6.33. The van der Waals surface area contributed by atoms with Crippen molar-refractivity contribution in [1.82, 2.24) is 14.5 Å². The second-order valence-corrected chi connectivity index (χ2v) is 10.7. The summed E-state index contributed by atoms with van der Waals surface area (Å²) in [4.78, 5) is 35.2. The Kier molecular flexibility index (Phi) is 6.35. The molecule has 2 aromatic rings. The minimum Gasteiger partial charge on any atom is -0.342 e. The fourth-order valence-electron chi connectivity index (χ4n) is 4.29. The van der Waals surface area contributed by atoms with E-state index in [9.17, 15) is 9.59 Å². The number of amides is 1. The van der Waals surface area contributed by atoms with Gasteiger partial charge in [-0.2, -0.15) is 0 Å². The van der Waals surface area contributed by atoms with Crippen molar-refractivity contribution in [2.75, 3.05) is 18.8 Å². The maximum absolute atomic E-state index is 13.4. The number of aryl methyl sites for hydroxylation is 2. The van der Waals surface area contributed by atoms with E-state index in [0.717, 1.165) is 71.0 Å². The summed E-state index contributed by atoms with van der Waals surface area (Å²) in [6.07, 6.45) is 7.85. The van der Waals surface area contributed by atoms with Crippen LogP contribution < -0.4 is 5.56 Å². The highest BCUT2D eigenvalue weighted by molar-refractivity contribution is 7.99. The van der Waals surface area contributed by atoms with Gasteiger partial charge in [0.25, 0.3) is 5.56 Å². The van der Waals surface area contributed by atoms with Gasteiger partial charge in [-0.1, -0.05) is 31.5 Å². The van der Waals surface area contributed by atoms with Gasteiger partial charge >= 0.3 is 0 Å². The van der Waals surface area contributed by atoms with Gasteiger partial charge < -0.3 is 4.90 Å². The quantitative estimate of drug-likeness (QED) is 0.437. The predicted octanol–water partition coefficient (Wildman–Crippen LogP) is 4.93. The van der Waals surface area contributed by atoms with Crippen LogP contribution in [0, 0.1) is 19.8 Å². The molecule has 2 saturated carbocycles. The first kappa shape index (κ1) is 20.9. The molecule has 0 saturated heterocycles. The lowest BCUT2D eigenvalue weighted by atomic mass is 10.2. The summed E-state index contributed by atoms with van der Waals surface area (Å²) in [5.41, 5.74) is 1.14. The number of carbonyl (C=O) groups excluding carboxylic acids is 1. The zero-order valence-electron chi connectivity index (χ0n) is 17.7. The molecule has 2 heterocycles. The Balaban J connectivity index is 1.62. The summed E-state index contributed by atoms with van der Waals surface area (Å²) in [7, 11) is 0. The average Bonchev–Trinajstić information content (AvgIpc) is 3.25. The third kappa shape index (κ3) is 4.41. The average molecular weight is 434 g/mol. The number of hydrogen-bond donors (Lipinski definition) is 0. The maximum atomic E-state index is 13.4. The third-order valence-electron chi connectivity index (χ3n) is 6.24. The van der Waals surface area contributed by atoms with E-state index in [-0.39, 0.29) is 17.5 Å². The van der Waals surface area contributed by atoms with Crippen LogP contribution in [0.25, 0.3) is 10.2 Å². The van der Waals surface area contributed by atoms with Gasteiger partial charge in [0.05, 0.1) is 11.1 Å². The highest BCUT2D eigenvalue weighted by atomic mass is 32.2. The minimum absolute atomic E-state index is 0.0853. The summed E-state index contributed by atoms with van der Waals surface area (Å²) in [6, 6.07) is 0.217. The SMILES string of the molecule is CCCN(CC1CC1)C(=O)CSc1nc2sc(C)c(C)c2c(=O)n1C1CCCC1. The zero-order chi connectivity index (χ0) is 20.5. The molecule has 0 spiro atoms. The Bertz CT molecular complexity index is 955. The first-order valence-corrected chi connectivity index (χ1v) is 12.7. The molecule has 1 amide bonds. The molecule has 0 aliphatic heterocycles. The molecule has 29 heavy (non-hydrogen) atoms. The van der Waals surface area contributed by atoms with Crippen LogP contribution in [-0.4, -0.2) is 39.2 Å². The monoisotopic (exact) mass is 433 g/mol. The number of nitrogens with zero attached hydrogens (tertiary/aromatic N) is 3. The summed E-state index contributed by atoms with van der Waals surface area (Å²) in [5, 5.41) is 1.50. The summed E-state index contributed by atoms with van der Waals surface area (Å²) in [6.45, 7) is 7.90. The lowest BCUT2D eigenvalue weighted by Gasteiger charge is -2.22. The molecule has 0 unspecified atom stereocenters. The van der Waals surface area contributed by atoms with E-state index in [2.05, 4.69) is 13.8 Å². The molecular formula is C22H31N3O2S2. The van der Waals surface area contributed by atoms with E-state index in [1.807, 2.05) is 16.4 Å². The fraction of sp³-hybridized carbons (Fsp3) is 0.682. The van der Waals surface area contributed by atoms with Crippen LogP contribution >= 0.6 is 23.1 Å². The second-order valence-electron chi connectivity index (χ2n) is 8.54. The van der Waals surface area contributed by atoms with Gasteiger partial charge in [-0.3, -0.25) is 14.2 Å². The highest BCUT2D eigenvalue weighted by Gasteiger charge is 2.28. The predicted molar refractivity (Wildman–Crippen MR) is 121 cm³/mol. The lowest BCUT2D eigenvalue weighted by molar-refractivity contribution is -0.128. The van der Waals surface area contributed by atoms with Crippen molar-refractivity contribution < 1.29 is 4.79 Å². The molecule has 0 bridgehead atoms. The molecular weight excluding hydrogens is 402 g/mol. The summed E-state index contributed by atoms with van der Waals surface area (Å²) >= 11 is 3.05. The molecule has 2 aliphatic carbocycles. The number of carbonyl (C=O) groups is 1. The molecule has 2 fully saturated rings. The van der Waals surface area contributed by atoms with E-state index in [4.69, 9.17) is 4.98 Å². The molecule has 4 rings (SSSR count). The molecule has 0 N–H and O–H groups in total. The van der Waals surface area contributed by atoms with Crippen LogP contribution in [0.4, 0.5) is 0 Å². The topological polar surface area (TPSA) is 55.2 Å². The van der Waals surface area contributed by atoms with Gasteiger partial charge in [-0.15, -0.1) is 11.3 Å². The van der Waals surface area contributed by atoms with E-state index in [1.54, 1.807) is 11.3 Å². The second kappa shape index (κ2) is 8.80. The smallest absolute Gasteiger partial charge is 0.263 e. The van der Waals surface area contributed by atoms with Crippen LogP contribution in [0.3, 0.4) is 0 Å². The van der Waals surface area contributed by atoms with Crippen molar-refractivity contribution in [2.45, 2.75) is 76.9 Å². The van der Waals surface area contributed by atoms with Crippen LogP contribution in [-0.2, 0) is 4.79 Å². The van der Waals surface area contributed by atoms with E-state index >= 15 is 0 Å². The summed E-state index contributed by atoms with van der Waals surface area (Å²) < 4.78 is 1.91. The number of hydrogen-bond acceptors (Lipinski definition) is 5. The number of aromatic nitrogens is 2. The van der Waals surface area contributed by atoms with Crippen LogP contribution in [0.5, 0.6) is 0 Å². The minimum atomic E-state index is 0.0853. The highest BCUT2D eigenvalue weighted by Crippen LogP contribution is 2.35. The van der Waals surface area contributed by atoms with Crippen molar-refractivity contribution in [3.63, 3.8) is 0 Å². The molecule has 7 heteroatoms. The number of thioether (sulfide) groups is 1. The van der Waals surface area contributed by atoms with Gasteiger partial charge in [0.2, 0.25) is 5.91 Å². The van der Waals surface area contributed by atoms with Crippen molar-refractivity contribution in [1.29, 1.82) is 0 Å². The van der Waals surface area contributed by atoms with Crippen LogP contribution in [0.1, 0.15) is 68.4 Å². The number of thiophene rings is 1. The van der Waals surface area contributed by atoms with E-state index < -0.39 is 0 Å². The van der Waals surface area contributed by atoms with Gasteiger partial charge in [0.15, 0.2) is 5.16 Å². The van der Waals surface area contributed by atoms with Crippen LogP contribution in [0.2, 0.25) is 0 Å². The van der Waals surface area contributed by atoms with Crippen molar-refractivity contribution in [3.8, 4) is 0 Å². The Labute approximate surface area is 180 Å². The van der Waals surface area contributed by atoms with Gasteiger partial charge in [-0.25, -0.2) is 4.98 Å². The number of fused-ring (bicyclic) bond motifs is 1. The normalized spacial score (nSPS) is 17.3.